The molecule has 0 aromatic heterocycles. The van der Waals surface area contributed by atoms with Crippen molar-refractivity contribution >= 4 is 29.4 Å². The second-order valence-electron chi connectivity index (χ2n) is 5.20. The van der Waals surface area contributed by atoms with Crippen LogP contribution in [-0.2, 0) is 4.74 Å². The van der Waals surface area contributed by atoms with Gasteiger partial charge in [-0.05, 0) is 25.0 Å². The Balaban J connectivity index is 1.90. The number of methoxy groups -OCH3 is 2. The van der Waals surface area contributed by atoms with Gasteiger partial charge < -0.3 is 25.0 Å². The van der Waals surface area contributed by atoms with Crippen LogP contribution < -0.4 is 15.4 Å². The molecule has 3 amide bonds. The number of hydrogen-bond donors (Lipinski definition) is 2. The standard InChI is InChI=1S/C15H20ClN3O4/c1-22-11-5-6-13(12(16)8-11)18-14(20)17-10-4-3-7-19(9-10)15(21)23-2/h5-6,8,10H,3-4,7,9H2,1-2H3,(H2,17,18,20)/t10-/m1/s1. The fourth-order valence-electron chi connectivity index (χ4n) is 2.46. The molecule has 1 aromatic rings. The van der Waals surface area contributed by atoms with E-state index in [0.29, 0.717) is 29.5 Å². The molecular formula is C15H20ClN3O4. The molecule has 0 aliphatic carbocycles. The molecule has 2 rings (SSSR count). The van der Waals surface area contributed by atoms with E-state index in [1.165, 1.54) is 7.11 Å². The number of rotatable bonds is 3. The van der Waals surface area contributed by atoms with Gasteiger partial charge in [-0.2, -0.15) is 0 Å². The maximum absolute atomic E-state index is 12.1. The van der Waals surface area contributed by atoms with Gasteiger partial charge >= 0.3 is 12.1 Å². The van der Waals surface area contributed by atoms with Gasteiger partial charge in [0.2, 0.25) is 0 Å². The fourth-order valence-corrected chi connectivity index (χ4v) is 2.68. The topological polar surface area (TPSA) is 79.9 Å². The Morgan fingerprint density at radius 3 is 2.78 bits per heavy atom. The zero-order valence-electron chi connectivity index (χ0n) is 13.1. The third-order valence-electron chi connectivity index (χ3n) is 3.61. The summed E-state index contributed by atoms with van der Waals surface area (Å²) in [5.74, 6) is 0.613. The van der Waals surface area contributed by atoms with Crippen molar-refractivity contribution in [2.45, 2.75) is 18.9 Å². The van der Waals surface area contributed by atoms with Crippen molar-refractivity contribution in [1.29, 1.82) is 0 Å². The summed E-state index contributed by atoms with van der Waals surface area (Å²) in [5.41, 5.74) is 0.491. The number of halogens is 1. The van der Waals surface area contributed by atoms with Crippen LogP contribution in [0, 0.1) is 0 Å². The molecule has 0 spiro atoms. The summed E-state index contributed by atoms with van der Waals surface area (Å²) >= 11 is 6.09. The van der Waals surface area contributed by atoms with Gasteiger partial charge in [0.25, 0.3) is 0 Å². The van der Waals surface area contributed by atoms with Gasteiger partial charge in [0, 0.05) is 25.2 Å². The number of piperidine rings is 1. The van der Waals surface area contributed by atoms with Crippen LogP contribution in [0.3, 0.4) is 0 Å². The van der Waals surface area contributed by atoms with Crippen LogP contribution in [0.1, 0.15) is 12.8 Å². The Labute approximate surface area is 139 Å². The molecule has 0 bridgehead atoms. The predicted octanol–water partition coefficient (Wildman–Crippen LogP) is 2.70. The van der Waals surface area contributed by atoms with Crippen LogP contribution in [0.15, 0.2) is 18.2 Å². The van der Waals surface area contributed by atoms with Gasteiger partial charge in [0.1, 0.15) is 5.75 Å². The summed E-state index contributed by atoms with van der Waals surface area (Å²) in [7, 11) is 2.89. The predicted molar refractivity (Wildman–Crippen MR) is 87.2 cm³/mol. The number of nitrogens with zero attached hydrogens (tertiary/aromatic N) is 1. The van der Waals surface area contributed by atoms with E-state index >= 15 is 0 Å². The number of hydrogen-bond acceptors (Lipinski definition) is 4. The lowest BCUT2D eigenvalue weighted by atomic mass is 10.1. The summed E-state index contributed by atoms with van der Waals surface area (Å²) in [4.78, 5) is 25.2. The Hall–Kier alpha value is -2.15. The van der Waals surface area contributed by atoms with Gasteiger partial charge in [-0.3, -0.25) is 0 Å². The molecule has 1 atom stereocenters. The van der Waals surface area contributed by atoms with Crippen molar-refractivity contribution in [3.05, 3.63) is 23.2 Å². The van der Waals surface area contributed by atoms with E-state index in [-0.39, 0.29) is 18.2 Å². The lowest BCUT2D eigenvalue weighted by Gasteiger charge is -2.32. The number of nitrogens with one attached hydrogen (secondary N) is 2. The molecule has 126 valence electrons. The lowest BCUT2D eigenvalue weighted by Crippen LogP contribution is -2.50. The first-order valence-corrected chi connectivity index (χ1v) is 7.65. The highest BCUT2D eigenvalue weighted by molar-refractivity contribution is 6.33. The second-order valence-corrected chi connectivity index (χ2v) is 5.61. The number of anilines is 1. The van der Waals surface area contributed by atoms with Gasteiger partial charge in [-0.25, -0.2) is 9.59 Å². The zero-order valence-corrected chi connectivity index (χ0v) is 13.9. The third kappa shape index (κ3) is 4.66. The maximum atomic E-state index is 12.1. The van der Waals surface area contributed by atoms with Crippen molar-refractivity contribution in [2.75, 3.05) is 32.6 Å². The molecule has 1 aliphatic heterocycles. The Bertz CT molecular complexity index is 582. The van der Waals surface area contributed by atoms with Crippen molar-refractivity contribution in [1.82, 2.24) is 10.2 Å². The molecule has 8 heteroatoms. The number of likely N-dealkylation sites (tertiary alicyclic amines) is 1. The Morgan fingerprint density at radius 2 is 2.13 bits per heavy atom. The van der Waals surface area contributed by atoms with Crippen molar-refractivity contribution in [2.24, 2.45) is 0 Å². The van der Waals surface area contributed by atoms with Crippen molar-refractivity contribution in [3.8, 4) is 5.75 Å². The van der Waals surface area contributed by atoms with E-state index in [1.54, 1.807) is 30.2 Å². The van der Waals surface area contributed by atoms with E-state index in [0.717, 1.165) is 12.8 Å². The van der Waals surface area contributed by atoms with Crippen LogP contribution in [-0.4, -0.2) is 50.4 Å². The molecular weight excluding hydrogens is 322 g/mol. The number of urea groups is 1. The summed E-state index contributed by atoms with van der Waals surface area (Å²) in [5, 5.41) is 5.93. The van der Waals surface area contributed by atoms with Crippen LogP contribution >= 0.6 is 11.6 Å². The minimum atomic E-state index is -0.380. The summed E-state index contributed by atoms with van der Waals surface area (Å²) < 4.78 is 9.76. The highest BCUT2D eigenvalue weighted by Crippen LogP contribution is 2.26. The third-order valence-corrected chi connectivity index (χ3v) is 3.93. The SMILES string of the molecule is COC(=O)N1CCC[C@@H](NC(=O)Nc2ccc(OC)cc2Cl)C1. The molecule has 0 unspecified atom stereocenters. The Morgan fingerprint density at radius 1 is 1.35 bits per heavy atom. The molecule has 0 radical (unpaired) electrons. The summed E-state index contributed by atoms with van der Waals surface area (Å²) in [6.07, 6.45) is 1.23. The maximum Gasteiger partial charge on any atom is 0.409 e. The van der Waals surface area contributed by atoms with Crippen LogP contribution in [0.25, 0.3) is 0 Å². The highest BCUT2D eigenvalue weighted by atomic mass is 35.5. The first kappa shape index (κ1) is 17.2. The van der Waals surface area contributed by atoms with E-state index in [9.17, 15) is 9.59 Å². The fraction of sp³-hybridized carbons (Fsp3) is 0.467. The minimum absolute atomic E-state index is 0.125. The first-order valence-electron chi connectivity index (χ1n) is 7.27. The molecule has 0 saturated carbocycles. The molecule has 7 nitrogen and oxygen atoms in total. The number of carbonyl (C=O) groups is 2. The van der Waals surface area contributed by atoms with E-state index in [1.807, 2.05) is 0 Å². The largest absolute Gasteiger partial charge is 0.497 e. The number of ether oxygens (including phenoxy) is 2. The average Bonchev–Trinajstić information content (AvgIpc) is 2.56. The summed E-state index contributed by atoms with van der Waals surface area (Å²) in [6.45, 7) is 1.06. The minimum Gasteiger partial charge on any atom is -0.497 e. The number of amides is 3. The lowest BCUT2D eigenvalue weighted by molar-refractivity contribution is 0.108. The number of benzene rings is 1. The van der Waals surface area contributed by atoms with E-state index in [4.69, 9.17) is 21.1 Å². The normalized spacial score (nSPS) is 17.3. The van der Waals surface area contributed by atoms with E-state index < -0.39 is 0 Å². The van der Waals surface area contributed by atoms with Crippen molar-refractivity contribution < 1.29 is 19.1 Å². The molecule has 23 heavy (non-hydrogen) atoms. The summed E-state index contributed by atoms with van der Waals surface area (Å²) in [6, 6.07) is 4.51. The quantitative estimate of drug-likeness (QED) is 0.885. The molecule has 2 N–H and O–H groups in total. The van der Waals surface area contributed by atoms with Gasteiger partial charge in [0.05, 0.1) is 24.9 Å². The van der Waals surface area contributed by atoms with Gasteiger partial charge in [-0.1, -0.05) is 11.6 Å². The molecule has 1 aromatic carbocycles. The van der Waals surface area contributed by atoms with Crippen LogP contribution in [0.4, 0.5) is 15.3 Å². The highest BCUT2D eigenvalue weighted by Gasteiger charge is 2.25. The zero-order chi connectivity index (χ0) is 16.8. The second kappa shape index (κ2) is 7.92. The number of carbonyl (C=O) groups excluding carboxylic acids is 2. The molecule has 1 aliphatic rings. The van der Waals surface area contributed by atoms with Gasteiger partial charge in [0.15, 0.2) is 0 Å². The van der Waals surface area contributed by atoms with Crippen LogP contribution in [0.5, 0.6) is 5.75 Å². The first-order chi connectivity index (χ1) is 11.0. The van der Waals surface area contributed by atoms with Gasteiger partial charge in [-0.15, -0.1) is 0 Å². The van der Waals surface area contributed by atoms with E-state index in [2.05, 4.69) is 10.6 Å². The molecule has 1 saturated heterocycles. The smallest absolute Gasteiger partial charge is 0.409 e. The Kier molecular flexibility index (Phi) is 5.92. The average molecular weight is 342 g/mol. The van der Waals surface area contributed by atoms with Crippen molar-refractivity contribution in [3.63, 3.8) is 0 Å². The molecule has 1 fully saturated rings. The monoisotopic (exact) mass is 341 g/mol. The van der Waals surface area contributed by atoms with Crippen LogP contribution in [0.2, 0.25) is 5.02 Å². The molecule has 1 heterocycles.